The summed E-state index contributed by atoms with van der Waals surface area (Å²) in [5.41, 5.74) is 0.995. The molecule has 0 aliphatic heterocycles. The van der Waals surface area contributed by atoms with Crippen molar-refractivity contribution in [2.24, 2.45) is 10.9 Å². The third-order valence-electron chi connectivity index (χ3n) is 5.17. The SMILES string of the molecule is CN=C(NCCNC(=O)CC1CCCCC1)N(C)Cc1csc(C(C)OC)n1. The second-order valence-electron chi connectivity index (χ2n) is 7.44. The van der Waals surface area contributed by atoms with Crippen LogP contribution >= 0.6 is 11.3 Å². The van der Waals surface area contributed by atoms with Crippen molar-refractivity contribution in [1.29, 1.82) is 0 Å². The molecule has 0 spiro atoms. The van der Waals surface area contributed by atoms with Gasteiger partial charge in [0.05, 0.1) is 12.2 Å². The van der Waals surface area contributed by atoms with Gasteiger partial charge < -0.3 is 20.3 Å². The zero-order chi connectivity index (χ0) is 20.4. The third-order valence-corrected chi connectivity index (χ3v) is 6.23. The van der Waals surface area contributed by atoms with Crippen LogP contribution in [0.4, 0.5) is 0 Å². The number of rotatable bonds is 9. The first-order valence-electron chi connectivity index (χ1n) is 10.2. The lowest BCUT2D eigenvalue weighted by Crippen LogP contribution is -2.42. The number of hydrogen-bond donors (Lipinski definition) is 2. The molecule has 8 heteroatoms. The molecule has 0 bridgehead atoms. The minimum absolute atomic E-state index is 0.0127. The number of aromatic nitrogens is 1. The summed E-state index contributed by atoms with van der Waals surface area (Å²) in [5.74, 6) is 1.53. The second-order valence-corrected chi connectivity index (χ2v) is 8.33. The fraction of sp³-hybridized carbons (Fsp3) is 0.750. The van der Waals surface area contributed by atoms with E-state index in [1.807, 2.05) is 18.9 Å². The Morgan fingerprint density at radius 2 is 2.07 bits per heavy atom. The molecule has 1 saturated carbocycles. The molecule has 0 saturated heterocycles. The molecule has 1 fully saturated rings. The maximum Gasteiger partial charge on any atom is 0.220 e. The number of methoxy groups -OCH3 is 1. The standard InChI is InChI=1S/C20H35N5O2S/c1-15(27-4)19-24-17(14-28-19)13-25(3)20(21-2)23-11-10-22-18(26)12-16-8-6-5-7-9-16/h14-16H,5-13H2,1-4H3,(H,21,23)(H,22,26). The number of nitrogens with one attached hydrogen (secondary N) is 2. The molecule has 7 nitrogen and oxygen atoms in total. The summed E-state index contributed by atoms with van der Waals surface area (Å²) in [4.78, 5) is 23.1. The van der Waals surface area contributed by atoms with Gasteiger partial charge >= 0.3 is 0 Å². The van der Waals surface area contributed by atoms with Crippen molar-refractivity contribution in [3.05, 3.63) is 16.1 Å². The van der Waals surface area contributed by atoms with E-state index in [0.29, 0.717) is 32.0 Å². The molecule has 1 heterocycles. The first-order chi connectivity index (χ1) is 13.5. The van der Waals surface area contributed by atoms with Gasteiger partial charge in [0.1, 0.15) is 11.1 Å². The second kappa shape index (κ2) is 12.0. The molecule has 1 atom stereocenters. The number of aliphatic imine (C=N–C) groups is 1. The van der Waals surface area contributed by atoms with Crippen LogP contribution in [-0.4, -0.2) is 56.0 Å². The van der Waals surface area contributed by atoms with Crippen LogP contribution in [0.3, 0.4) is 0 Å². The van der Waals surface area contributed by atoms with Gasteiger partial charge in [-0.15, -0.1) is 11.3 Å². The Bertz CT molecular complexity index is 628. The molecular formula is C20H35N5O2S. The van der Waals surface area contributed by atoms with Crippen molar-refractivity contribution in [2.75, 3.05) is 34.3 Å². The smallest absolute Gasteiger partial charge is 0.220 e. The molecule has 0 aromatic carbocycles. The molecule has 2 N–H and O–H groups in total. The van der Waals surface area contributed by atoms with Crippen molar-refractivity contribution in [2.45, 2.75) is 58.1 Å². The zero-order valence-electron chi connectivity index (χ0n) is 17.7. The van der Waals surface area contributed by atoms with Crippen LogP contribution < -0.4 is 10.6 Å². The molecule has 28 heavy (non-hydrogen) atoms. The van der Waals surface area contributed by atoms with Crippen molar-refractivity contribution in [3.8, 4) is 0 Å². The molecule has 1 aromatic heterocycles. The summed E-state index contributed by atoms with van der Waals surface area (Å²) in [6, 6.07) is 0. The topological polar surface area (TPSA) is 78.9 Å². The average molecular weight is 410 g/mol. The molecular weight excluding hydrogens is 374 g/mol. The van der Waals surface area contributed by atoms with Gasteiger partial charge in [-0.2, -0.15) is 0 Å². The lowest BCUT2D eigenvalue weighted by molar-refractivity contribution is -0.122. The van der Waals surface area contributed by atoms with Crippen molar-refractivity contribution in [3.63, 3.8) is 0 Å². The normalized spacial score (nSPS) is 16.6. The predicted octanol–water partition coefficient (Wildman–Crippen LogP) is 2.94. The minimum atomic E-state index is 0.0127. The highest BCUT2D eigenvalue weighted by Gasteiger charge is 2.17. The summed E-state index contributed by atoms with van der Waals surface area (Å²) in [7, 11) is 5.44. The highest BCUT2D eigenvalue weighted by molar-refractivity contribution is 7.09. The highest BCUT2D eigenvalue weighted by atomic mass is 32.1. The Balaban J connectivity index is 1.68. The van der Waals surface area contributed by atoms with E-state index in [0.717, 1.165) is 16.7 Å². The maximum absolute atomic E-state index is 12.1. The monoisotopic (exact) mass is 409 g/mol. The van der Waals surface area contributed by atoms with Gasteiger partial charge in [0.25, 0.3) is 0 Å². The van der Waals surface area contributed by atoms with Crippen LogP contribution in [0, 0.1) is 5.92 Å². The number of hydrogen-bond acceptors (Lipinski definition) is 5. The molecule has 158 valence electrons. The Morgan fingerprint density at radius 1 is 1.36 bits per heavy atom. The quantitative estimate of drug-likeness (QED) is 0.372. The Morgan fingerprint density at radius 3 is 2.75 bits per heavy atom. The van der Waals surface area contributed by atoms with Gasteiger partial charge in [-0.1, -0.05) is 19.3 Å². The first-order valence-corrected chi connectivity index (χ1v) is 11.1. The summed E-state index contributed by atoms with van der Waals surface area (Å²) in [6.07, 6.45) is 6.94. The van der Waals surface area contributed by atoms with E-state index in [1.54, 1.807) is 25.5 Å². The minimum Gasteiger partial charge on any atom is -0.375 e. The number of ether oxygens (including phenoxy) is 1. The average Bonchev–Trinajstić information content (AvgIpc) is 3.16. The van der Waals surface area contributed by atoms with E-state index in [1.165, 1.54) is 32.1 Å². The number of amides is 1. The number of thiazole rings is 1. The first kappa shape index (κ1) is 22.6. The van der Waals surface area contributed by atoms with Crippen LogP contribution in [0.5, 0.6) is 0 Å². The van der Waals surface area contributed by atoms with Crippen LogP contribution in [0.15, 0.2) is 10.4 Å². The van der Waals surface area contributed by atoms with Gasteiger partial charge in [0.2, 0.25) is 5.91 Å². The molecule has 1 aromatic rings. The fourth-order valence-electron chi connectivity index (χ4n) is 3.49. The van der Waals surface area contributed by atoms with E-state index in [-0.39, 0.29) is 12.0 Å². The lowest BCUT2D eigenvalue weighted by atomic mass is 9.87. The summed E-state index contributed by atoms with van der Waals surface area (Å²) >= 11 is 1.61. The van der Waals surface area contributed by atoms with Crippen LogP contribution in [-0.2, 0) is 16.1 Å². The summed E-state index contributed by atoms with van der Waals surface area (Å²) < 4.78 is 5.32. The number of carbonyl (C=O) groups is 1. The fourth-order valence-corrected chi connectivity index (χ4v) is 4.33. The van der Waals surface area contributed by atoms with E-state index in [4.69, 9.17) is 4.74 Å². The van der Waals surface area contributed by atoms with Gasteiger partial charge in [-0.25, -0.2) is 4.98 Å². The van der Waals surface area contributed by atoms with E-state index in [2.05, 4.69) is 26.0 Å². The Kier molecular flexibility index (Phi) is 9.70. The summed E-state index contributed by atoms with van der Waals surface area (Å²) in [5, 5.41) is 9.36. The largest absolute Gasteiger partial charge is 0.375 e. The van der Waals surface area contributed by atoms with Crippen LogP contribution in [0.1, 0.15) is 62.3 Å². The lowest BCUT2D eigenvalue weighted by Gasteiger charge is -2.22. The number of guanidine groups is 1. The van der Waals surface area contributed by atoms with Gasteiger partial charge in [0.15, 0.2) is 5.96 Å². The number of carbonyl (C=O) groups excluding carboxylic acids is 1. The van der Waals surface area contributed by atoms with E-state index >= 15 is 0 Å². The third kappa shape index (κ3) is 7.39. The maximum atomic E-state index is 12.1. The highest BCUT2D eigenvalue weighted by Crippen LogP contribution is 2.26. The molecule has 1 aliphatic rings. The number of nitrogens with zero attached hydrogens (tertiary/aromatic N) is 3. The molecule has 1 unspecified atom stereocenters. The Labute approximate surface area is 173 Å². The molecule has 1 aliphatic carbocycles. The molecule has 2 rings (SSSR count). The van der Waals surface area contributed by atoms with Crippen LogP contribution in [0.25, 0.3) is 0 Å². The summed E-state index contributed by atoms with van der Waals surface area (Å²) in [6.45, 7) is 3.91. The zero-order valence-corrected chi connectivity index (χ0v) is 18.5. The Hall–Kier alpha value is -1.67. The van der Waals surface area contributed by atoms with E-state index in [9.17, 15) is 4.79 Å². The van der Waals surface area contributed by atoms with Gasteiger partial charge in [0, 0.05) is 46.1 Å². The van der Waals surface area contributed by atoms with E-state index < -0.39 is 0 Å². The van der Waals surface area contributed by atoms with Crippen molar-refractivity contribution < 1.29 is 9.53 Å². The molecule has 0 radical (unpaired) electrons. The predicted molar refractivity (Wildman–Crippen MR) is 115 cm³/mol. The van der Waals surface area contributed by atoms with Gasteiger partial charge in [-0.05, 0) is 25.7 Å². The van der Waals surface area contributed by atoms with Crippen molar-refractivity contribution in [1.82, 2.24) is 20.5 Å². The van der Waals surface area contributed by atoms with Crippen molar-refractivity contribution >= 4 is 23.2 Å². The molecule has 1 amide bonds. The van der Waals surface area contributed by atoms with Gasteiger partial charge in [-0.3, -0.25) is 9.79 Å². The van der Waals surface area contributed by atoms with Crippen LogP contribution in [0.2, 0.25) is 0 Å².